The van der Waals surface area contributed by atoms with Crippen LogP contribution in [-0.2, 0) is 11.2 Å². The first-order valence-electron chi connectivity index (χ1n) is 11.6. The lowest BCUT2D eigenvalue weighted by atomic mass is 9.97. The van der Waals surface area contributed by atoms with E-state index < -0.39 is 5.91 Å². The molecule has 0 atom stereocenters. The Labute approximate surface area is 219 Å². The summed E-state index contributed by atoms with van der Waals surface area (Å²) >= 11 is 7.66. The Bertz CT molecular complexity index is 1280. The van der Waals surface area contributed by atoms with Crippen LogP contribution in [0.15, 0.2) is 47.8 Å². The van der Waals surface area contributed by atoms with E-state index in [9.17, 15) is 14.4 Å². The van der Waals surface area contributed by atoms with E-state index in [4.69, 9.17) is 17.3 Å². The predicted octanol–water partition coefficient (Wildman–Crippen LogP) is 4.16. The van der Waals surface area contributed by atoms with Crippen LogP contribution in [0.4, 0.5) is 11.4 Å². The van der Waals surface area contributed by atoms with Gasteiger partial charge in [0.1, 0.15) is 5.69 Å². The second-order valence-electron chi connectivity index (χ2n) is 8.99. The smallest absolute Gasteiger partial charge is 0.275 e. The van der Waals surface area contributed by atoms with Gasteiger partial charge >= 0.3 is 0 Å². The molecule has 0 unspecified atom stereocenters. The van der Waals surface area contributed by atoms with Crippen LogP contribution in [-0.4, -0.2) is 54.8 Å². The Morgan fingerprint density at radius 1 is 1.17 bits per heavy atom. The van der Waals surface area contributed by atoms with Crippen molar-refractivity contribution in [2.24, 2.45) is 5.73 Å². The van der Waals surface area contributed by atoms with Crippen molar-refractivity contribution >= 4 is 52.0 Å². The van der Waals surface area contributed by atoms with Gasteiger partial charge in [0.25, 0.3) is 11.8 Å². The fourth-order valence-corrected chi connectivity index (χ4v) is 5.31. The van der Waals surface area contributed by atoms with Crippen molar-refractivity contribution in [3.63, 3.8) is 0 Å². The van der Waals surface area contributed by atoms with Crippen molar-refractivity contribution in [1.29, 1.82) is 0 Å². The number of nitrogens with two attached hydrogens (primary N) is 1. The largest absolute Gasteiger partial charge is 0.378 e. The molecule has 8 nitrogen and oxygen atoms in total. The van der Waals surface area contributed by atoms with Gasteiger partial charge in [0.2, 0.25) is 5.91 Å². The number of hydrogen-bond acceptors (Lipinski definition) is 6. The summed E-state index contributed by atoms with van der Waals surface area (Å²) in [5, 5.41) is 5.75. The second kappa shape index (κ2) is 11.1. The minimum atomic E-state index is -0.464. The van der Waals surface area contributed by atoms with Crippen LogP contribution in [0.3, 0.4) is 0 Å². The summed E-state index contributed by atoms with van der Waals surface area (Å²) in [5.41, 5.74) is 8.31. The Morgan fingerprint density at radius 3 is 2.61 bits per heavy atom. The maximum absolute atomic E-state index is 13.0. The molecule has 1 fully saturated rings. The topological polar surface area (TPSA) is 109 Å². The molecule has 188 valence electrons. The van der Waals surface area contributed by atoms with Crippen molar-refractivity contribution < 1.29 is 14.4 Å². The predicted molar refractivity (Wildman–Crippen MR) is 143 cm³/mol. The van der Waals surface area contributed by atoms with Crippen LogP contribution in [0.5, 0.6) is 0 Å². The van der Waals surface area contributed by atoms with Crippen molar-refractivity contribution in [2.45, 2.75) is 25.2 Å². The zero-order valence-electron chi connectivity index (χ0n) is 20.2. The molecule has 2 heterocycles. The number of primary amides is 1. The van der Waals surface area contributed by atoms with Gasteiger partial charge < -0.3 is 20.9 Å². The number of rotatable bonds is 7. The highest BCUT2D eigenvalue weighted by molar-refractivity contribution is 7.10. The Hall–Kier alpha value is -3.43. The number of halogens is 1. The lowest BCUT2D eigenvalue weighted by Gasteiger charge is -2.31. The lowest BCUT2D eigenvalue weighted by molar-refractivity contribution is -0.117. The number of carbonyl (C=O) groups excluding carboxylic acids is 3. The van der Waals surface area contributed by atoms with Gasteiger partial charge in [-0.25, -0.2) is 4.98 Å². The van der Waals surface area contributed by atoms with Crippen molar-refractivity contribution in [3.8, 4) is 0 Å². The highest BCUT2D eigenvalue weighted by atomic mass is 35.5. The summed E-state index contributed by atoms with van der Waals surface area (Å²) in [7, 11) is 3.90. The van der Waals surface area contributed by atoms with Gasteiger partial charge in [0.15, 0.2) is 0 Å². The number of thiazole rings is 1. The second-order valence-corrected chi connectivity index (χ2v) is 10.3. The Balaban J connectivity index is 1.37. The molecule has 1 saturated heterocycles. The molecule has 0 bridgehead atoms. The average Bonchev–Trinajstić information content (AvgIpc) is 3.36. The first-order valence-corrected chi connectivity index (χ1v) is 12.9. The summed E-state index contributed by atoms with van der Waals surface area (Å²) in [6.45, 7) is 1.28. The summed E-state index contributed by atoms with van der Waals surface area (Å²) in [5.74, 6) is -0.611. The quantitative estimate of drug-likeness (QED) is 0.481. The fourth-order valence-electron chi connectivity index (χ4n) is 4.17. The molecular weight excluding hydrogens is 498 g/mol. The molecule has 1 aliphatic rings. The number of aromatic nitrogens is 1. The normalized spacial score (nSPS) is 13.9. The number of hydrogen-bond donors (Lipinski definition) is 2. The third-order valence-corrected chi connectivity index (χ3v) is 7.49. The van der Waals surface area contributed by atoms with E-state index in [-0.39, 0.29) is 24.2 Å². The molecule has 36 heavy (non-hydrogen) atoms. The average molecular weight is 526 g/mol. The molecule has 3 amide bonds. The standard InChI is InChI=1S/C26H28ClN5O3S/c1-31(2)19-5-3-4-18(14-19)26(35)32-10-8-17(9-11-32)25-30-22(15-36-25)24(34)29-21-12-16(13-23(28)33)6-7-20(21)27/h3-7,12,14-15,17H,8-11,13H2,1-2H3,(H2,28,33)(H,29,34). The van der Waals surface area contributed by atoms with Gasteiger partial charge in [0, 0.05) is 49.7 Å². The van der Waals surface area contributed by atoms with Gasteiger partial charge in [0.05, 0.1) is 22.1 Å². The molecule has 4 rings (SSSR count). The number of nitrogens with one attached hydrogen (secondary N) is 1. The van der Waals surface area contributed by atoms with Crippen LogP contribution in [0.25, 0.3) is 0 Å². The summed E-state index contributed by atoms with van der Waals surface area (Å²) in [6.07, 6.45) is 1.63. The number of amides is 3. The van der Waals surface area contributed by atoms with E-state index in [1.54, 1.807) is 23.6 Å². The molecule has 0 radical (unpaired) electrons. The molecule has 3 aromatic rings. The molecule has 1 aromatic heterocycles. The minimum absolute atomic E-state index is 0.0341. The maximum Gasteiger partial charge on any atom is 0.275 e. The third kappa shape index (κ3) is 6.03. The fraction of sp³-hybridized carbons (Fsp3) is 0.308. The van der Waals surface area contributed by atoms with Crippen molar-refractivity contribution in [2.75, 3.05) is 37.4 Å². The zero-order valence-corrected chi connectivity index (χ0v) is 21.7. The van der Waals surface area contributed by atoms with Gasteiger partial charge in [-0.3, -0.25) is 14.4 Å². The van der Waals surface area contributed by atoms with E-state index in [0.29, 0.717) is 40.6 Å². The van der Waals surface area contributed by atoms with Crippen LogP contribution in [0.1, 0.15) is 50.2 Å². The number of piperidine rings is 1. The van der Waals surface area contributed by atoms with Gasteiger partial charge in [-0.15, -0.1) is 11.3 Å². The Kier molecular flexibility index (Phi) is 7.91. The first-order chi connectivity index (χ1) is 17.2. The van der Waals surface area contributed by atoms with E-state index in [1.807, 2.05) is 48.2 Å². The number of carbonyl (C=O) groups is 3. The number of anilines is 2. The summed E-state index contributed by atoms with van der Waals surface area (Å²) < 4.78 is 0. The highest BCUT2D eigenvalue weighted by Gasteiger charge is 2.27. The molecule has 2 aromatic carbocycles. The molecule has 1 aliphatic heterocycles. The van der Waals surface area contributed by atoms with Gasteiger partial charge in [-0.2, -0.15) is 0 Å². The number of nitrogens with zero attached hydrogens (tertiary/aromatic N) is 3. The molecule has 3 N–H and O–H groups in total. The third-order valence-electron chi connectivity index (χ3n) is 6.15. The SMILES string of the molecule is CN(C)c1cccc(C(=O)N2CCC(c3nc(C(=O)Nc4cc(CC(N)=O)ccc4Cl)cs3)CC2)c1. The van der Waals surface area contributed by atoms with E-state index in [1.165, 1.54) is 11.3 Å². The van der Waals surface area contributed by atoms with Crippen molar-refractivity contribution in [1.82, 2.24) is 9.88 Å². The lowest BCUT2D eigenvalue weighted by Crippen LogP contribution is -2.38. The van der Waals surface area contributed by atoms with E-state index in [0.717, 1.165) is 23.5 Å². The van der Waals surface area contributed by atoms with Crippen molar-refractivity contribution in [3.05, 3.63) is 74.7 Å². The molecule has 10 heteroatoms. The molecule has 0 spiro atoms. The number of likely N-dealkylation sites (tertiary alicyclic amines) is 1. The van der Waals surface area contributed by atoms with Crippen LogP contribution < -0.4 is 16.0 Å². The van der Waals surface area contributed by atoms with Gasteiger partial charge in [-0.1, -0.05) is 23.7 Å². The highest BCUT2D eigenvalue weighted by Crippen LogP contribution is 2.32. The minimum Gasteiger partial charge on any atom is -0.378 e. The van der Waals surface area contributed by atoms with Gasteiger partial charge in [-0.05, 0) is 48.7 Å². The Morgan fingerprint density at radius 2 is 1.92 bits per heavy atom. The van der Waals surface area contributed by atoms with Crippen LogP contribution in [0, 0.1) is 0 Å². The van der Waals surface area contributed by atoms with E-state index in [2.05, 4.69) is 10.3 Å². The molecule has 0 aliphatic carbocycles. The maximum atomic E-state index is 13.0. The molecule has 0 saturated carbocycles. The summed E-state index contributed by atoms with van der Waals surface area (Å²) in [4.78, 5) is 45.4. The van der Waals surface area contributed by atoms with Crippen LogP contribution in [0.2, 0.25) is 5.02 Å². The van der Waals surface area contributed by atoms with Crippen LogP contribution >= 0.6 is 22.9 Å². The summed E-state index contributed by atoms with van der Waals surface area (Å²) in [6, 6.07) is 12.6. The molecular formula is C26H28ClN5O3S. The van der Waals surface area contributed by atoms with E-state index >= 15 is 0 Å². The first kappa shape index (κ1) is 25.7. The number of benzene rings is 2. The monoisotopic (exact) mass is 525 g/mol. The zero-order chi connectivity index (χ0) is 25.8.